The molecule has 0 atom stereocenters. The summed E-state index contributed by atoms with van der Waals surface area (Å²) in [4.78, 5) is 0. The van der Waals surface area contributed by atoms with E-state index in [-0.39, 0.29) is 0 Å². The van der Waals surface area contributed by atoms with Crippen LogP contribution < -0.4 is 0 Å². The Morgan fingerprint density at radius 2 is 1.92 bits per heavy atom. The number of rotatable bonds is 6. The molecule has 13 heavy (non-hydrogen) atoms. The minimum absolute atomic E-state index is 0.801. The molecule has 0 rings (SSSR count). The third-order valence-corrected chi connectivity index (χ3v) is 4.05. The van der Waals surface area contributed by atoms with Gasteiger partial charge >= 0.3 is 83.4 Å². The summed E-state index contributed by atoms with van der Waals surface area (Å²) in [6.45, 7) is 12.0. The summed E-state index contributed by atoms with van der Waals surface area (Å²) in [5, 5.41) is 0. The fourth-order valence-electron chi connectivity index (χ4n) is 1.28. The van der Waals surface area contributed by atoms with E-state index in [1.165, 1.54) is 12.8 Å². The summed E-state index contributed by atoms with van der Waals surface area (Å²) in [5.74, 6) is 3.04. The predicted octanol–water partition coefficient (Wildman–Crippen LogP) is 3.90. The van der Waals surface area contributed by atoms with Crippen molar-refractivity contribution in [1.82, 2.24) is 0 Å². The van der Waals surface area contributed by atoms with E-state index < -0.39 is 7.49 Å². The quantitative estimate of drug-likeness (QED) is 0.471. The Hall–Kier alpha value is 0.130. The van der Waals surface area contributed by atoms with E-state index in [1.54, 1.807) is 0 Å². The Morgan fingerprint density at radius 3 is 2.38 bits per heavy atom. The van der Waals surface area contributed by atoms with Gasteiger partial charge in [0.15, 0.2) is 0 Å². The molecule has 0 aliphatic carbocycles. The molecule has 0 aromatic heterocycles. The fourth-order valence-corrected chi connectivity index (χ4v) is 2.85. The maximum atomic E-state index is 5.87. The molecule has 0 unspecified atom stereocenters. The molecule has 0 aliphatic heterocycles. The Bertz CT molecular complexity index is 150. The number of hydrogen-bond donors (Lipinski definition) is 0. The molecule has 0 radical (unpaired) electrons. The van der Waals surface area contributed by atoms with Crippen molar-refractivity contribution in [3.63, 3.8) is 0 Å². The first-order valence-electron chi connectivity index (χ1n) is 5.26. The van der Waals surface area contributed by atoms with Crippen molar-refractivity contribution in [1.29, 1.82) is 0 Å². The second-order valence-electron chi connectivity index (χ2n) is 4.49. The molecule has 0 bridgehead atoms. The van der Waals surface area contributed by atoms with Gasteiger partial charge in [0.05, 0.1) is 0 Å². The van der Waals surface area contributed by atoms with Crippen LogP contribution in [0.3, 0.4) is 0 Å². The first-order valence-corrected chi connectivity index (χ1v) is 8.24. The molecule has 0 heterocycles. The molecular weight excluding hydrogens is 179 g/mol. The van der Waals surface area contributed by atoms with Gasteiger partial charge in [0.1, 0.15) is 0 Å². The molecule has 0 aromatic carbocycles. The van der Waals surface area contributed by atoms with E-state index in [4.69, 9.17) is 4.52 Å². The van der Waals surface area contributed by atoms with Crippen LogP contribution in [0.2, 0.25) is 0 Å². The van der Waals surface area contributed by atoms with E-state index in [1.807, 2.05) is 0 Å². The second kappa shape index (κ2) is 6.56. The van der Waals surface area contributed by atoms with Gasteiger partial charge in [-0.3, -0.25) is 0 Å². The van der Waals surface area contributed by atoms with Crippen molar-refractivity contribution in [2.24, 2.45) is 5.92 Å². The molecule has 1 nitrogen and oxygen atoms in total. The van der Waals surface area contributed by atoms with Crippen molar-refractivity contribution in [2.75, 3.05) is 19.9 Å². The molecule has 0 N–H and O–H groups in total. The average molecular weight is 204 g/mol. The van der Waals surface area contributed by atoms with Crippen LogP contribution in [-0.4, -0.2) is 19.9 Å². The van der Waals surface area contributed by atoms with Crippen LogP contribution in [0.15, 0.2) is 11.9 Å². The van der Waals surface area contributed by atoms with Gasteiger partial charge in [0.25, 0.3) is 0 Å². The molecular formula is C11H25OP. The van der Waals surface area contributed by atoms with E-state index >= 15 is 0 Å². The fraction of sp³-hybridized carbons (Fsp3) is 0.818. The van der Waals surface area contributed by atoms with Crippen molar-refractivity contribution in [3.05, 3.63) is 11.9 Å². The molecule has 0 saturated carbocycles. The van der Waals surface area contributed by atoms with Crippen molar-refractivity contribution < 1.29 is 4.52 Å². The van der Waals surface area contributed by atoms with E-state index in [2.05, 4.69) is 46.0 Å². The third-order valence-electron chi connectivity index (χ3n) is 1.97. The van der Waals surface area contributed by atoms with Crippen LogP contribution in [0, 0.1) is 5.92 Å². The summed E-state index contributed by atoms with van der Waals surface area (Å²) in [7, 11) is -1.46. The van der Waals surface area contributed by atoms with Crippen LogP contribution in [-0.2, 0) is 4.52 Å². The van der Waals surface area contributed by atoms with Gasteiger partial charge in [0, 0.05) is 0 Å². The first-order chi connectivity index (χ1) is 5.98. The van der Waals surface area contributed by atoms with Crippen molar-refractivity contribution in [2.45, 2.75) is 33.6 Å². The SMILES string of the molecule is C/C=C/[PH](C)(C)OCCCC(C)C. The standard InChI is InChI=1S/C11H25OP/c1-6-10-13(4,5)12-9-7-8-11(2)3/h6,10-11,13H,7-9H2,1-5H3/b10-6+. The molecule has 0 fully saturated rings. The number of allylic oxidation sites excluding steroid dienone is 1. The van der Waals surface area contributed by atoms with Gasteiger partial charge in [-0.1, -0.05) is 0 Å². The van der Waals surface area contributed by atoms with Crippen LogP contribution in [0.5, 0.6) is 0 Å². The second-order valence-corrected chi connectivity index (χ2v) is 8.32. The summed E-state index contributed by atoms with van der Waals surface area (Å²) in [5.41, 5.74) is 0. The predicted molar refractivity (Wildman–Crippen MR) is 65.0 cm³/mol. The van der Waals surface area contributed by atoms with Gasteiger partial charge in [-0.15, -0.1) is 0 Å². The molecule has 80 valence electrons. The zero-order valence-corrected chi connectivity index (χ0v) is 10.8. The van der Waals surface area contributed by atoms with E-state index in [0.717, 1.165) is 12.5 Å². The molecule has 2 heteroatoms. The van der Waals surface area contributed by atoms with Crippen molar-refractivity contribution >= 4 is 7.49 Å². The van der Waals surface area contributed by atoms with Crippen LogP contribution in [0.1, 0.15) is 33.6 Å². The zero-order chi connectivity index (χ0) is 10.3. The van der Waals surface area contributed by atoms with Crippen LogP contribution >= 0.6 is 7.49 Å². The summed E-state index contributed by atoms with van der Waals surface area (Å²) in [6, 6.07) is 0. The maximum absolute atomic E-state index is 5.87. The molecule has 0 spiro atoms. The van der Waals surface area contributed by atoms with Gasteiger partial charge in [0.2, 0.25) is 0 Å². The Balaban J connectivity index is 3.52. The van der Waals surface area contributed by atoms with Crippen LogP contribution in [0.4, 0.5) is 0 Å². The first kappa shape index (κ1) is 13.1. The molecule has 0 amide bonds. The summed E-state index contributed by atoms with van der Waals surface area (Å²) in [6.07, 6.45) is 4.58. The van der Waals surface area contributed by atoms with Gasteiger partial charge in [-0.25, -0.2) is 0 Å². The normalized spacial score (nSPS) is 14.3. The molecule has 0 aromatic rings. The van der Waals surface area contributed by atoms with Crippen LogP contribution in [0.25, 0.3) is 0 Å². The van der Waals surface area contributed by atoms with Gasteiger partial charge < -0.3 is 0 Å². The Kier molecular flexibility index (Phi) is 6.63. The monoisotopic (exact) mass is 204 g/mol. The minimum atomic E-state index is -1.46. The molecule has 0 saturated heterocycles. The number of hydrogen-bond acceptors (Lipinski definition) is 1. The topological polar surface area (TPSA) is 9.23 Å². The summed E-state index contributed by atoms with van der Waals surface area (Å²) < 4.78 is 5.87. The zero-order valence-electron chi connectivity index (χ0n) is 9.76. The Labute approximate surface area is 84.0 Å². The summed E-state index contributed by atoms with van der Waals surface area (Å²) >= 11 is 0. The molecule has 0 aliphatic rings. The van der Waals surface area contributed by atoms with Gasteiger partial charge in [-0.05, 0) is 0 Å². The third kappa shape index (κ3) is 8.46. The van der Waals surface area contributed by atoms with E-state index in [0.29, 0.717) is 0 Å². The Morgan fingerprint density at radius 1 is 1.31 bits per heavy atom. The van der Waals surface area contributed by atoms with Gasteiger partial charge in [-0.2, -0.15) is 0 Å². The van der Waals surface area contributed by atoms with E-state index in [9.17, 15) is 0 Å². The van der Waals surface area contributed by atoms with Crippen molar-refractivity contribution in [3.8, 4) is 0 Å². The average Bonchev–Trinajstić information content (AvgIpc) is 1.98.